The average Bonchev–Trinajstić information content (AvgIpc) is 3.08. The number of ether oxygens (including phenoxy) is 2. The zero-order valence-corrected chi connectivity index (χ0v) is 20.4. The first kappa shape index (κ1) is 22.9. The van der Waals surface area contributed by atoms with Gasteiger partial charge in [-0.15, -0.1) is 11.3 Å². The number of fused-ring (bicyclic) bond motifs is 3. The van der Waals surface area contributed by atoms with E-state index in [1.54, 1.807) is 17.4 Å². The molecule has 0 amide bonds. The monoisotopic (exact) mass is 455 g/mol. The Balaban J connectivity index is 2.12. The van der Waals surface area contributed by atoms with E-state index in [1.165, 1.54) is 23.6 Å². The number of nitrogens with zero attached hydrogens (tertiary/aromatic N) is 1. The fraction of sp³-hybridized carbons (Fsp3) is 0.462. The number of methoxy groups -OCH3 is 1. The van der Waals surface area contributed by atoms with Crippen LogP contribution in [0, 0.1) is 19.7 Å². The van der Waals surface area contributed by atoms with Gasteiger partial charge in [0.1, 0.15) is 10.6 Å². The van der Waals surface area contributed by atoms with E-state index < -0.39 is 17.7 Å². The largest absolute Gasteiger partial charge is 0.467 e. The molecule has 3 aromatic rings. The van der Waals surface area contributed by atoms with Crippen molar-refractivity contribution in [1.82, 2.24) is 4.98 Å². The molecule has 170 valence electrons. The third-order valence-electron chi connectivity index (χ3n) is 5.87. The van der Waals surface area contributed by atoms with Gasteiger partial charge in [-0.25, -0.2) is 14.2 Å². The van der Waals surface area contributed by atoms with Crippen molar-refractivity contribution >= 4 is 27.5 Å². The highest BCUT2D eigenvalue weighted by molar-refractivity contribution is 7.19. The van der Waals surface area contributed by atoms with Gasteiger partial charge in [0.2, 0.25) is 0 Å². The highest BCUT2D eigenvalue weighted by Gasteiger charge is 2.35. The lowest BCUT2D eigenvalue weighted by Gasteiger charge is -2.29. The molecule has 32 heavy (non-hydrogen) atoms. The number of rotatable bonds is 4. The molecule has 4 nitrogen and oxygen atoms in total. The van der Waals surface area contributed by atoms with Crippen molar-refractivity contribution in [3.05, 3.63) is 51.3 Å². The first-order valence-electron chi connectivity index (χ1n) is 11.1. The number of benzene rings is 1. The molecule has 0 unspecified atom stereocenters. The van der Waals surface area contributed by atoms with Gasteiger partial charge in [0.15, 0.2) is 6.10 Å². The SMILES string of the molecule is COC(=O)[C@@H](OC(C)(C)C)c1c(C)nc2sc3c(c2c1-c1ccc(C)cc1F)CCCC3. The molecule has 1 atom stereocenters. The van der Waals surface area contributed by atoms with E-state index in [0.717, 1.165) is 41.5 Å². The van der Waals surface area contributed by atoms with Crippen LogP contribution in [0.15, 0.2) is 18.2 Å². The van der Waals surface area contributed by atoms with Crippen molar-refractivity contribution in [2.45, 2.75) is 72.0 Å². The van der Waals surface area contributed by atoms with Crippen LogP contribution >= 0.6 is 11.3 Å². The molecule has 0 spiro atoms. The number of carbonyl (C=O) groups excluding carboxylic acids is 1. The second-order valence-corrected chi connectivity index (χ2v) is 10.6. The number of thiophene rings is 1. The van der Waals surface area contributed by atoms with Gasteiger partial charge < -0.3 is 9.47 Å². The minimum atomic E-state index is -1.01. The van der Waals surface area contributed by atoms with E-state index in [4.69, 9.17) is 14.5 Å². The second-order valence-electron chi connectivity index (χ2n) is 9.49. The number of aromatic nitrogens is 1. The van der Waals surface area contributed by atoms with E-state index in [-0.39, 0.29) is 5.82 Å². The highest BCUT2D eigenvalue weighted by Crippen LogP contribution is 2.46. The van der Waals surface area contributed by atoms with Crippen LogP contribution in [0.1, 0.15) is 67.0 Å². The Labute approximate surface area is 192 Å². The summed E-state index contributed by atoms with van der Waals surface area (Å²) in [5, 5.41) is 0.958. The number of esters is 1. The van der Waals surface area contributed by atoms with Gasteiger partial charge in [0, 0.05) is 32.6 Å². The summed E-state index contributed by atoms with van der Waals surface area (Å²) >= 11 is 1.69. The molecule has 1 aromatic carbocycles. The molecule has 0 aliphatic heterocycles. The standard InChI is InChI=1S/C26H30FNO3S/c1-14-11-12-16(18(27)13-14)21-20(23(25(29)30-6)31-26(3,4)5)15(2)28-24-22(21)17-9-7-8-10-19(17)32-24/h11-13,23H,7-10H2,1-6H3/t23-/m0/s1. The van der Waals surface area contributed by atoms with Crippen LogP contribution in [0.5, 0.6) is 0 Å². The lowest BCUT2D eigenvalue weighted by Crippen LogP contribution is -2.29. The summed E-state index contributed by atoms with van der Waals surface area (Å²) in [5.41, 5.74) is 3.90. The van der Waals surface area contributed by atoms with E-state index in [1.807, 2.05) is 40.7 Å². The summed E-state index contributed by atoms with van der Waals surface area (Å²) in [6.07, 6.45) is 3.18. The number of hydrogen-bond acceptors (Lipinski definition) is 5. The number of aryl methyl sites for hydroxylation is 4. The van der Waals surface area contributed by atoms with Gasteiger partial charge in [0.05, 0.1) is 12.7 Å². The number of halogens is 1. The molecular formula is C26H30FNO3S. The molecule has 2 heterocycles. The minimum absolute atomic E-state index is 0.312. The first-order valence-corrected chi connectivity index (χ1v) is 11.9. The Kier molecular flexibility index (Phi) is 6.12. The van der Waals surface area contributed by atoms with Crippen molar-refractivity contribution < 1.29 is 18.7 Å². The fourth-order valence-electron chi connectivity index (χ4n) is 4.53. The van der Waals surface area contributed by atoms with Gasteiger partial charge in [-0.05, 0) is 77.5 Å². The summed E-state index contributed by atoms with van der Waals surface area (Å²) in [6.45, 7) is 9.41. The lowest BCUT2D eigenvalue weighted by molar-refractivity contribution is -0.164. The minimum Gasteiger partial charge on any atom is -0.467 e. The Morgan fingerprint density at radius 3 is 2.56 bits per heavy atom. The van der Waals surface area contributed by atoms with Crippen LogP contribution in [-0.2, 0) is 27.1 Å². The smallest absolute Gasteiger partial charge is 0.339 e. The molecule has 0 N–H and O–H groups in total. The normalized spacial score (nSPS) is 15.0. The van der Waals surface area contributed by atoms with Crippen molar-refractivity contribution in [3.8, 4) is 11.1 Å². The van der Waals surface area contributed by atoms with Crippen LogP contribution in [0.25, 0.3) is 21.3 Å². The van der Waals surface area contributed by atoms with Crippen LogP contribution in [0.4, 0.5) is 4.39 Å². The molecule has 2 aromatic heterocycles. The van der Waals surface area contributed by atoms with Crippen molar-refractivity contribution in [3.63, 3.8) is 0 Å². The van der Waals surface area contributed by atoms with Gasteiger partial charge in [-0.3, -0.25) is 0 Å². The zero-order chi connectivity index (χ0) is 23.2. The Hall–Kier alpha value is -2.31. The van der Waals surface area contributed by atoms with E-state index in [0.29, 0.717) is 22.4 Å². The molecule has 0 saturated carbocycles. The van der Waals surface area contributed by atoms with Crippen LogP contribution in [0.3, 0.4) is 0 Å². The number of carbonyl (C=O) groups is 1. The zero-order valence-electron chi connectivity index (χ0n) is 19.6. The summed E-state index contributed by atoms with van der Waals surface area (Å²) in [7, 11) is 1.35. The number of pyridine rings is 1. The predicted molar refractivity (Wildman–Crippen MR) is 127 cm³/mol. The molecule has 0 bridgehead atoms. The maximum Gasteiger partial charge on any atom is 0.339 e. The molecule has 0 radical (unpaired) electrons. The van der Waals surface area contributed by atoms with Gasteiger partial charge in [-0.2, -0.15) is 0 Å². The maximum absolute atomic E-state index is 15.4. The van der Waals surface area contributed by atoms with Crippen molar-refractivity contribution in [2.24, 2.45) is 0 Å². The number of hydrogen-bond donors (Lipinski definition) is 0. The van der Waals surface area contributed by atoms with Crippen LogP contribution in [0.2, 0.25) is 0 Å². The van der Waals surface area contributed by atoms with E-state index in [9.17, 15) is 4.79 Å². The van der Waals surface area contributed by atoms with Crippen LogP contribution < -0.4 is 0 Å². The van der Waals surface area contributed by atoms with E-state index >= 15 is 4.39 Å². The van der Waals surface area contributed by atoms with Gasteiger partial charge in [-0.1, -0.05) is 12.1 Å². The Bertz CT molecular complexity index is 1190. The lowest BCUT2D eigenvalue weighted by atomic mass is 9.87. The maximum atomic E-state index is 15.4. The molecule has 1 aliphatic rings. The van der Waals surface area contributed by atoms with Crippen molar-refractivity contribution in [1.29, 1.82) is 0 Å². The molecule has 0 saturated heterocycles. The predicted octanol–water partition coefficient (Wildman–Crippen LogP) is 6.63. The first-order chi connectivity index (χ1) is 15.1. The Morgan fingerprint density at radius 1 is 1.19 bits per heavy atom. The fourth-order valence-corrected chi connectivity index (χ4v) is 5.84. The summed E-state index contributed by atoms with van der Waals surface area (Å²) in [4.78, 5) is 20.1. The Morgan fingerprint density at radius 2 is 1.91 bits per heavy atom. The average molecular weight is 456 g/mol. The summed E-state index contributed by atoms with van der Waals surface area (Å²) < 4.78 is 26.8. The molecule has 6 heteroatoms. The van der Waals surface area contributed by atoms with Gasteiger partial charge >= 0.3 is 5.97 Å². The van der Waals surface area contributed by atoms with E-state index in [2.05, 4.69) is 0 Å². The summed E-state index contributed by atoms with van der Waals surface area (Å²) in [5.74, 6) is -0.824. The topological polar surface area (TPSA) is 48.4 Å². The molecular weight excluding hydrogens is 425 g/mol. The quantitative estimate of drug-likeness (QED) is 0.415. The highest BCUT2D eigenvalue weighted by atomic mass is 32.1. The molecule has 1 aliphatic carbocycles. The third kappa shape index (κ3) is 4.18. The molecule has 4 rings (SSSR count). The summed E-state index contributed by atoms with van der Waals surface area (Å²) in [6, 6.07) is 5.25. The second kappa shape index (κ2) is 8.56. The third-order valence-corrected chi connectivity index (χ3v) is 7.06. The molecule has 0 fully saturated rings. The van der Waals surface area contributed by atoms with Gasteiger partial charge in [0.25, 0.3) is 0 Å². The van der Waals surface area contributed by atoms with Crippen LogP contribution in [-0.4, -0.2) is 23.7 Å². The van der Waals surface area contributed by atoms with Crippen molar-refractivity contribution in [2.75, 3.05) is 7.11 Å².